The molecule has 0 unspecified atom stereocenters. The van der Waals surface area contributed by atoms with Gasteiger partial charge in [0.25, 0.3) is 5.91 Å². The van der Waals surface area contributed by atoms with E-state index in [4.69, 9.17) is 9.72 Å². The van der Waals surface area contributed by atoms with Crippen LogP contribution in [0.4, 0.5) is 5.82 Å². The van der Waals surface area contributed by atoms with Crippen LogP contribution in [-0.4, -0.2) is 54.6 Å². The van der Waals surface area contributed by atoms with Crippen LogP contribution in [0.1, 0.15) is 47.8 Å². The van der Waals surface area contributed by atoms with Crippen molar-refractivity contribution in [3.8, 4) is 0 Å². The molecule has 1 fully saturated rings. The van der Waals surface area contributed by atoms with E-state index in [-0.39, 0.29) is 5.91 Å². The van der Waals surface area contributed by atoms with Gasteiger partial charge in [0.05, 0.1) is 12.3 Å². The Balaban J connectivity index is 1.71. The minimum absolute atomic E-state index is 0.135. The number of methoxy groups -OCH3 is 1. The molecule has 1 aliphatic heterocycles. The number of nitrogens with zero attached hydrogens (tertiary/aromatic N) is 4. The number of rotatable bonds is 9. The third-order valence-electron chi connectivity index (χ3n) is 4.92. The van der Waals surface area contributed by atoms with E-state index in [1.165, 1.54) is 0 Å². The van der Waals surface area contributed by atoms with Gasteiger partial charge in [0, 0.05) is 51.2 Å². The first kappa shape index (κ1) is 21.6. The highest BCUT2D eigenvalue weighted by Crippen LogP contribution is 2.24. The van der Waals surface area contributed by atoms with Gasteiger partial charge in [-0.2, -0.15) is 0 Å². The Morgan fingerprint density at radius 3 is 2.76 bits per heavy atom. The van der Waals surface area contributed by atoms with Gasteiger partial charge in [0.2, 0.25) is 0 Å². The Kier molecular flexibility index (Phi) is 7.89. The van der Waals surface area contributed by atoms with Crippen LogP contribution in [0, 0.1) is 0 Å². The molecule has 1 aromatic carbocycles. The quantitative estimate of drug-likeness (QED) is 0.457. The fourth-order valence-electron chi connectivity index (χ4n) is 3.44. The standard InChI is InChI=1S/C22H30N4O2S/c1-4-10-25(2)20-14-19(15-28-3)23-22(24-20)29-16-17-8-7-9-18(13-17)21(27)26-11-5-6-12-26/h7-9,13-14H,4-6,10-12,15-16H2,1-3H3. The van der Waals surface area contributed by atoms with Gasteiger partial charge in [0.1, 0.15) is 5.82 Å². The summed E-state index contributed by atoms with van der Waals surface area (Å²) in [6.07, 6.45) is 3.26. The molecule has 0 spiro atoms. The van der Waals surface area contributed by atoms with E-state index in [0.29, 0.717) is 12.4 Å². The average Bonchev–Trinajstić information content (AvgIpc) is 3.27. The van der Waals surface area contributed by atoms with Gasteiger partial charge in [-0.05, 0) is 37.0 Å². The molecular formula is C22H30N4O2S. The van der Waals surface area contributed by atoms with E-state index in [0.717, 1.165) is 66.7 Å². The molecular weight excluding hydrogens is 384 g/mol. The molecule has 29 heavy (non-hydrogen) atoms. The normalized spacial score (nSPS) is 13.7. The highest BCUT2D eigenvalue weighted by atomic mass is 32.2. The number of carbonyl (C=O) groups is 1. The molecule has 1 aliphatic rings. The molecule has 156 valence electrons. The molecule has 2 heterocycles. The zero-order chi connectivity index (χ0) is 20.6. The lowest BCUT2D eigenvalue weighted by molar-refractivity contribution is 0.0792. The second kappa shape index (κ2) is 10.6. The number of aromatic nitrogens is 2. The third-order valence-corrected chi connectivity index (χ3v) is 5.84. The molecule has 1 amide bonds. The van der Waals surface area contributed by atoms with Crippen molar-refractivity contribution in [2.75, 3.05) is 38.7 Å². The molecule has 3 rings (SSSR count). The van der Waals surface area contributed by atoms with Crippen molar-refractivity contribution in [2.24, 2.45) is 0 Å². The van der Waals surface area contributed by atoms with Crippen molar-refractivity contribution in [3.05, 3.63) is 47.2 Å². The number of carbonyl (C=O) groups excluding carboxylic acids is 1. The van der Waals surface area contributed by atoms with Gasteiger partial charge in [-0.15, -0.1) is 0 Å². The van der Waals surface area contributed by atoms with Gasteiger partial charge in [0.15, 0.2) is 5.16 Å². The Morgan fingerprint density at radius 2 is 2.03 bits per heavy atom. The lowest BCUT2D eigenvalue weighted by Gasteiger charge is -2.18. The first-order valence-corrected chi connectivity index (χ1v) is 11.2. The fourth-order valence-corrected chi connectivity index (χ4v) is 4.25. The zero-order valence-corrected chi connectivity index (χ0v) is 18.4. The van der Waals surface area contributed by atoms with Gasteiger partial charge in [-0.25, -0.2) is 9.97 Å². The Hall–Kier alpha value is -2.12. The van der Waals surface area contributed by atoms with Crippen LogP contribution in [0.5, 0.6) is 0 Å². The van der Waals surface area contributed by atoms with Crippen LogP contribution in [0.3, 0.4) is 0 Å². The van der Waals surface area contributed by atoms with E-state index in [1.54, 1.807) is 18.9 Å². The predicted molar refractivity (Wildman–Crippen MR) is 117 cm³/mol. The van der Waals surface area contributed by atoms with Crippen molar-refractivity contribution in [2.45, 2.75) is 43.7 Å². The summed E-state index contributed by atoms with van der Waals surface area (Å²) in [6, 6.07) is 9.90. The Labute approximate surface area is 177 Å². The topological polar surface area (TPSA) is 58.6 Å². The number of thioether (sulfide) groups is 1. The average molecular weight is 415 g/mol. The first-order valence-electron chi connectivity index (χ1n) is 10.2. The van der Waals surface area contributed by atoms with E-state index in [9.17, 15) is 4.79 Å². The maximum absolute atomic E-state index is 12.6. The highest BCUT2D eigenvalue weighted by molar-refractivity contribution is 7.98. The molecule has 0 N–H and O–H groups in total. The SMILES string of the molecule is CCCN(C)c1cc(COC)nc(SCc2cccc(C(=O)N3CCCC3)c2)n1. The minimum Gasteiger partial charge on any atom is -0.378 e. The van der Waals surface area contributed by atoms with E-state index in [2.05, 4.69) is 22.9 Å². The first-order chi connectivity index (χ1) is 14.1. The molecule has 0 saturated carbocycles. The summed E-state index contributed by atoms with van der Waals surface area (Å²) >= 11 is 1.59. The number of hydrogen-bond acceptors (Lipinski definition) is 6. The Bertz CT molecular complexity index is 824. The lowest BCUT2D eigenvalue weighted by atomic mass is 10.1. The summed E-state index contributed by atoms with van der Waals surface area (Å²) in [5.41, 5.74) is 2.74. The van der Waals surface area contributed by atoms with Crippen molar-refractivity contribution in [3.63, 3.8) is 0 Å². The van der Waals surface area contributed by atoms with Crippen LogP contribution in [0.2, 0.25) is 0 Å². The third kappa shape index (κ3) is 5.93. The Morgan fingerprint density at radius 1 is 1.24 bits per heavy atom. The molecule has 0 radical (unpaired) electrons. The number of amides is 1. The molecule has 7 heteroatoms. The van der Waals surface area contributed by atoms with E-state index >= 15 is 0 Å². The molecule has 0 aliphatic carbocycles. The predicted octanol–water partition coefficient (Wildman–Crippen LogP) is 4.00. The summed E-state index contributed by atoms with van der Waals surface area (Å²) in [7, 11) is 3.72. The smallest absolute Gasteiger partial charge is 0.253 e. The van der Waals surface area contributed by atoms with Gasteiger partial charge in [-0.3, -0.25) is 4.79 Å². The molecule has 1 saturated heterocycles. The zero-order valence-electron chi connectivity index (χ0n) is 17.6. The van der Waals surface area contributed by atoms with Gasteiger partial charge in [-0.1, -0.05) is 30.8 Å². The number of anilines is 1. The van der Waals surface area contributed by atoms with Crippen LogP contribution >= 0.6 is 11.8 Å². The number of likely N-dealkylation sites (tertiary alicyclic amines) is 1. The number of benzene rings is 1. The highest BCUT2D eigenvalue weighted by Gasteiger charge is 2.19. The summed E-state index contributed by atoms with van der Waals surface area (Å²) < 4.78 is 5.27. The van der Waals surface area contributed by atoms with Crippen LogP contribution in [-0.2, 0) is 17.1 Å². The van der Waals surface area contributed by atoms with Crippen LogP contribution < -0.4 is 4.90 Å². The molecule has 2 aromatic rings. The maximum Gasteiger partial charge on any atom is 0.253 e. The molecule has 1 aromatic heterocycles. The summed E-state index contributed by atoms with van der Waals surface area (Å²) in [6.45, 7) is 5.29. The van der Waals surface area contributed by atoms with Crippen LogP contribution in [0.15, 0.2) is 35.5 Å². The second-order valence-electron chi connectivity index (χ2n) is 7.34. The number of hydrogen-bond donors (Lipinski definition) is 0. The second-order valence-corrected chi connectivity index (χ2v) is 8.29. The maximum atomic E-state index is 12.6. The lowest BCUT2D eigenvalue weighted by Crippen LogP contribution is -2.27. The molecule has 0 bridgehead atoms. The molecule has 0 atom stereocenters. The minimum atomic E-state index is 0.135. The van der Waals surface area contributed by atoms with Gasteiger partial charge < -0.3 is 14.5 Å². The van der Waals surface area contributed by atoms with Crippen molar-refractivity contribution in [1.82, 2.24) is 14.9 Å². The summed E-state index contributed by atoms with van der Waals surface area (Å²) in [4.78, 5) is 26.1. The molecule has 6 nitrogen and oxygen atoms in total. The fraction of sp³-hybridized carbons (Fsp3) is 0.500. The number of ether oxygens (including phenoxy) is 1. The van der Waals surface area contributed by atoms with Crippen LogP contribution in [0.25, 0.3) is 0 Å². The van der Waals surface area contributed by atoms with Crippen molar-refractivity contribution < 1.29 is 9.53 Å². The van der Waals surface area contributed by atoms with Crippen molar-refractivity contribution in [1.29, 1.82) is 0 Å². The summed E-state index contributed by atoms with van der Waals surface area (Å²) in [5, 5.41) is 0.730. The van der Waals surface area contributed by atoms with E-state index in [1.807, 2.05) is 36.2 Å². The summed E-state index contributed by atoms with van der Waals surface area (Å²) in [5.74, 6) is 1.76. The van der Waals surface area contributed by atoms with Gasteiger partial charge >= 0.3 is 0 Å². The van der Waals surface area contributed by atoms with Crippen molar-refractivity contribution >= 4 is 23.5 Å². The monoisotopic (exact) mass is 414 g/mol. The largest absolute Gasteiger partial charge is 0.378 e. The van der Waals surface area contributed by atoms with E-state index < -0.39 is 0 Å².